The minimum atomic E-state index is -0.618. The summed E-state index contributed by atoms with van der Waals surface area (Å²) < 4.78 is 1.41. The summed E-state index contributed by atoms with van der Waals surface area (Å²) in [5.74, 6) is -1.15. The number of pyridine rings is 1. The Bertz CT molecular complexity index is 781. The van der Waals surface area contributed by atoms with E-state index in [4.69, 9.17) is 0 Å². The van der Waals surface area contributed by atoms with Crippen molar-refractivity contribution in [2.75, 3.05) is 0 Å². The Morgan fingerprint density at radius 3 is 2.77 bits per heavy atom. The lowest BCUT2D eigenvalue weighted by Gasteiger charge is -2.04. The molecule has 0 saturated carbocycles. The number of nitrogens with one attached hydrogen (secondary N) is 1. The first-order valence-corrected chi connectivity index (χ1v) is 6.57. The molecule has 3 N–H and O–H groups in total. The smallest absolute Gasteiger partial charge is 0.276 e. The summed E-state index contributed by atoms with van der Waals surface area (Å²) in [4.78, 5) is 23.9. The van der Waals surface area contributed by atoms with Crippen LogP contribution in [0.15, 0.2) is 46.4 Å². The molecular weight excluding hydrogens is 286 g/mol. The molecule has 2 aromatic rings. The van der Waals surface area contributed by atoms with E-state index in [1.54, 1.807) is 19.2 Å². The van der Waals surface area contributed by atoms with Gasteiger partial charge in [-0.1, -0.05) is 0 Å². The first kappa shape index (κ1) is 15.3. The van der Waals surface area contributed by atoms with E-state index in [2.05, 4.69) is 10.5 Å². The molecule has 0 unspecified atom stereocenters. The molecule has 1 aromatic heterocycles. The number of hydrazone groups is 1. The van der Waals surface area contributed by atoms with Crippen molar-refractivity contribution >= 4 is 12.1 Å². The molecule has 22 heavy (non-hydrogen) atoms. The van der Waals surface area contributed by atoms with Gasteiger partial charge in [0.2, 0.25) is 0 Å². The van der Waals surface area contributed by atoms with Crippen molar-refractivity contribution < 1.29 is 15.0 Å². The zero-order valence-electron chi connectivity index (χ0n) is 11.9. The lowest BCUT2D eigenvalue weighted by molar-refractivity contribution is 0.0953. The Hall–Kier alpha value is -3.09. The van der Waals surface area contributed by atoms with Gasteiger partial charge >= 0.3 is 0 Å². The van der Waals surface area contributed by atoms with E-state index in [0.29, 0.717) is 12.1 Å². The molecule has 0 radical (unpaired) electrons. The maximum absolute atomic E-state index is 11.9. The molecule has 1 aromatic carbocycles. The van der Waals surface area contributed by atoms with E-state index in [-0.39, 0.29) is 22.6 Å². The van der Waals surface area contributed by atoms with Crippen LogP contribution in [0.25, 0.3) is 0 Å². The van der Waals surface area contributed by atoms with Gasteiger partial charge in [-0.15, -0.1) is 0 Å². The van der Waals surface area contributed by atoms with Crippen LogP contribution in [0.4, 0.5) is 0 Å². The number of hydrogen-bond acceptors (Lipinski definition) is 5. The van der Waals surface area contributed by atoms with Crippen LogP contribution >= 0.6 is 0 Å². The summed E-state index contributed by atoms with van der Waals surface area (Å²) in [6, 6.07) is 7.14. The largest absolute Gasteiger partial charge is 0.504 e. The van der Waals surface area contributed by atoms with Gasteiger partial charge in [0.1, 0.15) is 5.56 Å². The fourth-order valence-corrected chi connectivity index (χ4v) is 1.81. The third-order valence-electron chi connectivity index (χ3n) is 2.98. The molecule has 1 heterocycles. The predicted octanol–water partition coefficient (Wildman–Crippen LogP) is 1.04. The second-order valence-electron chi connectivity index (χ2n) is 4.46. The van der Waals surface area contributed by atoms with Gasteiger partial charge in [-0.25, -0.2) is 5.43 Å². The quantitative estimate of drug-likeness (QED) is 0.446. The molecule has 0 aliphatic heterocycles. The van der Waals surface area contributed by atoms with Crippen LogP contribution in [0.3, 0.4) is 0 Å². The SMILES string of the molecule is CCn1cccc(C(=O)N/N=C\c2ccc(O)c(O)c2)c1=O. The van der Waals surface area contributed by atoms with E-state index in [1.807, 2.05) is 0 Å². The van der Waals surface area contributed by atoms with Gasteiger partial charge < -0.3 is 14.8 Å². The third kappa shape index (κ3) is 3.32. The fourth-order valence-electron chi connectivity index (χ4n) is 1.81. The Balaban J connectivity index is 2.11. The van der Waals surface area contributed by atoms with Crippen molar-refractivity contribution in [2.24, 2.45) is 5.10 Å². The number of aromatic nitrogens is 1. The molecule has 0 atom stereocenters. The van der Waals surface area contributed by atoms with Gasteiger partial charge in [0.25, 0.3) is 11.5 Å². The van der Waals surface area contributed by atoms with Gasteiger partial charge in [0, 0.05) is 12.7 Å². The molecule has 0 fully saturated rings. The molecule has 1 amide bonds. The fraction of sp³-hybridized carbons (Fsp3) is 0.133. The van der Waals surface area contributed by atoms with Gasteiger partial charge in [-0.3, -0.25) is 9.59 Å². The van der Waals surface area contributed by atoms with E-state index < -0.39 is 5.91 Å². The highest BCUT2D eigenvalue weighted by atomic mass is 16.3. The van der Waals surface area contributed by atoms with Crippen molar-refractivity contribution in [3.8, 4) is 11.5 Å². The minimum absolute atomic E-state index is 0.00458. The number of phenolic OH excluding ortho intramolecular Hbond substituents is 2. The average molecular weight is 301 g/mol. The van der Waals surface area contributed by atoms with E-state index >= 15 is 0 Å². The number of nitrogens with zero attached hydrogens (tertiary/aromatic N) is 2. The number of aromatic hydroxyl groups is 2. The van der Waals surface area contributed by atoms with Crippen LogP contribution in [0, 0.1) is 0 Å². The van der Waals surface area contributed by atoms with Gasteiger partial charge in [0.05, 0.1) is 6.21 Å². The highest BCUT2D eigenvalue weighted by molar-refractivity contribution is 5.94. The molecule has 0 spiro atoms. The lowest BCUT2D eigenvalue weighted by Crippen LogP contribution is -2.30. The Labute approximate surface area is 126 Å². The highest BCUT2D eigenvalue weighted by Crippen LogP contribution is 2.23. The first-order valence-electron chi connectivity index (χ1n) is 6.57. The van der Waals surface area contributed by atoms with Crippen molar-refractivity contribution in [3.05, 3.63) is 58.0 Å². The van der Waals surface area contributed by atoms with Crippen molar-refractivity contribution in [1.82, 2.24) is 9.99 Å². The predicted molar refractivity (Wildman–Crippen MR) is 81.2 cm³/mol. The third-order valence-corrected chi connectivity index (χ3v) is 2.98. The van der Waals surface area contributed by atoms with Crippen LogP contribution in [0.5, 0.6) is 11.5 Å². The zero-order chi connectivity index (χ0) is 16.1. The van der Waals surface area contributed by atoms with Crippen LogP contribution in [0.2, 0.25) is 0 Å². The molecule has 0 saturated heterocycles. The minimum Gasteiger partial charge on any atom is -0.504 e. The summed E-state index contributed by atoms with van der Waals surface area (Å²) in [6.07, 6.45) is 2.89. The number of phenols is 2. The van der Waals surface area contributed by atoms with Crippen LogP contribution < -0.4 is 11.0 Å². The molecule has 7 heteroatoms. The van der Waals surface area contributed by atoms with Crippen molar-refractivity contribution in [3.63, 3.8) is 0 Å². The molecule has 114 valence electrons. The summed E-state index contributed by atoms with van der Waals surface area (Å²) in [5, 5.41) is 22.2. The number of benzene rings is 1. The van der Waals surface area contributed by atoms with Gasteiger partial charge in [-0.05, 0) is 42.8 Å². The second-order valence-corrected chi connectivity index (χ2v) is 4.46. The standard InChI is InChI=1S/C15H15N3O4/c1-2-18-7-3-4-11(15(18)22)14(21)17-16-9-10-5-6-12(19)13(20)8-10/h3-9,19-20H,2H2,1H3,(H,17,21)/b16-9-. The maximum atomic E-state index is 11.9. The summed E-state index contributed by atoms with van der Waals surface area (Å²) in [5.41, 5.74) is 2.33. The maximum Gasteiger partial charge on any atom is 0.276 e. The Morgan fingerprint density at radius 2 is 2.09 bits per heavy atom. The topological polar surface area (TPSA) is 104 Å². The number of amides is 1. The molecule has 0 aliphatic rings. The normalized spacial score (nSPS) is 10.8. The number of carbonyl (C=O) groups is 1. The van der Waals surface area contributed by atoms with Gasteiger partial charge in [-0.2, -0.15) is 5.10 Å². The lowest BCUT2D eigenvalue weighted by atomic mass is 10.2. The zero-order valence-corrected chi connectivity index (χ0v) is 11.9. The van der Waals surface area contributed by atoms with E-state index in [1.165, 1.54) is 35.0 Å². The average Bonchev–Trinajstić information content (AvgIpc) is 2.51. The van der Waals surface area contributed by atoms with E-state index in [9.17, 15) is 19.8 Å². The monoisotopic (exact) mass is 301 g/mol. The highest BCUT2D eigenvalue weighted by Gasteiger charge is 2.10. The van der Waals surface area contributed by atoms with Crippen LogP contribution in [-0.4, -0.2) is 26.9 Å². The summed E-state index contributed by atoms with van der Waals surface area (Å²) >= 11 is 0. The van der Waals surface area contributed by atoms with Crippen LogP contribution in [-0.2, 0) is 6.54 Å². The van der Waals surface area contributed by atoms with Crippen LogP contribution in [0.1, 0.15) is 22.8 Å². The molecule has 0 bridgehead atoms. The molecular formula is C15H15N3O4. The Morgan fingerprint density at radius 1 is 1.32 bits per heavy atom. The molecule has 0 aliphatic carbocycles. The Kier molecular flexibility index (Phi) is 4.57. The molecule has 2 rings (SSSR count). The number of rotatable bonds is 4. The van der Waals surface area contributed by atoms with Crippen molar-refractivity contribution in [1.29, 1.82) is 0 Å². The number of hydrogen-bond donors (Lipinski definition) is 3. The molecule has 7 nitrogen and oxygen atoms in total. The van der Waals surface area contributed by atoms with Crippen molar-refractivity contribution in [2.45, 2.75) is 13.5 Å². The number of carbonyl (C=O) groups excluding carboxylic acids is 1. The summed E-state index contributed by atoms with van der Waals surface area (Å²) in [6.45, 7) is 2.27. The number of aryl methyl sites for hydroxylation is 1. The summed E-state index contributed by atoms with van der Waals surface area (Å²) in [7, 11) is 0. The van der Waals surface area contributed by atoms with E-state index in [0.717, 1.165) is 0 Å². The van der Waals surface area contributed by atoms with Gasteiger partial charge in [0.15, 0.2) is 11.5 Å². The first-order chi connectivity index (χ1) is 10.5. The second kappa shape index (κ2) is 6.57.